The van der Waals surface area contributed by atoms with Gasteiger partial charge in [-0.05, 0) is 60.8 Å². The first-order valence-corrected chi connectivity index (χ1v) is 7.50. The highest BCUT2D eigenvalue weighted by atomic mass is 127. The second kappa shape index (κ2) is 6.63. The van der Waals surface area contributed by atoms with Crippen LogP contribution in [0.2, 0.25) is 0 Å². The Labute approximate surface area is 128 Å². The lowest BCUT2D eigenvalue weighted by atomic mass is 10.2. The van der Waals surface area contributed by atoms with Gasteiger partial charge in [-0.25, -0.2) is 0 Å². The fourth-order valence-electron chi connectivity index (χ4n) is 1.54. The first-order chi connectivity index (χ1) is 8.70. The SMILES string of the molecule is CNCCCc1nnc(-c2cc(Br)ccc2I)o1. The topological polar surface area (TPSA) is 51.0 Å². The van der Waals surface area contributed by atoms with Crippen LogP contribution in [-0.2, 0) is 6.42 Å². The number of aryl methyl sites for hydroxylation is 1. The van der Waals surface area contributed by atoms with Gasteiger partial charge in [-0.3, -0.25) is 0 Å². The van der Waals surface area contributed by atoms with Crippen molar-refractivity contribution in [1.82, 2.24) is 15.5 Å². The number of rotatable bonds is 5. The van der Waals surface area contributed by atoms with Gasteiger partial charge < -0.3 is 9.73 Å². The highest BCUT2D eigenvalue weighted by molar-refractivity contribution is 14.1. The zero-order valence-electron chi connectivity index (χ0n) is 9.91. The summed E-state index contributed by atoms with van der Waals surface area (Å²) in [5, 5.41) is 11.3. The second-order valence-electron chi connectivity index (χ2n) is 3.83. The molecule has 0 spiro atoms. The van der Waals surface area contributed by atoms with Crippen LogP contribution < -0.4 is 5.32 Å². The molecule has 0 atom stereocenters. The molecule has 96 valence electrons. The zero-order chi connectivity index (χ0) is 13.0. The third kappa shape index (κ3) is 3.52. The molecule has 0 saturated heterocycles. The van der Waals surface area contributed by atoms with E-state index in [1.165, 1.54) is 0 Å². The maximum atomic E-state index is 5.68. The Hall–Kier alpha value is -0.470. The van der Waals surface area contributed by atoms with Crippen molar-refractivity contribution >= 4 is 38.5 Å². The van der Waals surface area contributed by atoms with E-state index in [4.69, 9.17) is 4.42 Å². The first kappa shape index (κ1) is 14.0. The van der Waals surface area contributed by atoms with Crippen molar-refractivity contribution in [3.63, 3.8) is 0 Å². The molecular weight excluding hydrogens is 409 g/mol. The summed E-state index contributed by atoms with van der Waals surface area (Å²) in [5.41, 5.74) is 0.970. The van der Waals surface area contributed by atoms with Crippen LogP contribution in [0.15, 0.2) is 27.1 Å². The number of hydrogen-bond donors (Lipinski definition) is 1. The molecule has 4 nitrogen and oxygen atoms in total. The fraction of sp³-hybridized carbons (Fsp3) is 0.333. The fourth-order valence-corrected chi connectivity index (χ4v) is 2.47. The molecule has 0 radical (unpaired) electrons. The van der Waals surface area contributed by atoms with E-state index < -0.39 is 0 Å². The van der Waals surface area contributed by atoms with Crippen LogP contribution in [0.4, 0.5) is 0 Å². The summed E-state index contributed by atoms with van der Waals surface area (Å²) in [4.78, 5) is 0. The lowest BCUT2D eigenvalue weighted by Gasteiger charge is -1.99. The lowest BCUT2D eigenvalue weighted by molar-refractivity contribution is 0.494. The van der Waals surface area contributed by atoms with E-state index in [1.807, 2.05) is 25.2 Å². The van der Waals surface area contributed by atoms with Crippen molar-refractivity contribution < 1.29 is 4.42 Å². The predicted molar refractivity (Wildman–Crippen MR) is 82.4 cm³/mol. The van der Waals surface area contributed by atoms with E-state index in [9.17, 15) is 0 Å². The number of aromatic nitrogens is 2. The van der Waals surface area contributed by atoms with Crippen LogP contribution in [0.5, 0.6) is 0 Å². The summed E-state index contributed by atoms with van der Waals surface area (Å²) in [6.45, 7) is 0.951. The molecule has 0 amide bonds. The minimum Gasteiger partial charge on any atom is -0.421 e. The van der Waals surface area contributed by atoms with Gasteiger partial charge in [-0.15, -0.1) is 10.2 Å². The van der Waals surface area contributed by atoms with Gasteiger partial charge in [0.15, 0.2) is 0 Å². The third-order valence-corrected chi connectivity index (χ3v) is 3.88. The minimum absolute atomic E-state index is 0.583. The molecular formula is C12H13BrIN3O. The average Bonchev–Trinajstić information content (AvgIpc) is 2.81. The van der Waals surface area contributed by atoms with Gasteiger partial charge >= 0.3 is 0 Å². The van der Waals surface area contributed by atoms with Crippen molar-refractivity contribution in [2.24, 2.45) is 0 Å². The molecule has 1 aromatic heterocycles. The molecule has 0 aliphatic heterocycles. The summed E-state index contributed by atoms with van der Waals surface area (Å²) in [6, 6.07) is 6.01. The third-order valence-electron chi connectivity index (χ3n) is 2.44. The van der Waals surface area contributed by atoms with Crippen molar-refractivity contribution in [2.75, 3.05) is 13.6 Å². The van der Waals surface area contributed by atoms with Gasteiger partial charge in [0.05, 0.1) is 5.56 Å². The van der Waals surface area contributed by atoms with Crippen molar-refractivity contribution in [1.29, 1.82) is 0 Å². The molecule has 1 aromatic carbocycles. The second-order valence-corrected chi connectivity index (χ2v) is 5.91. The molecule has 18 heavy (non-hydrogen) atoms. The summed E-state index contributed by atoms with van der Waals surface area (Å²) in [7, 11) is 1.93. The van der Waals surface area contributed by atoms with Gasteiger partial charge in [0.25, 0.3) is 0 Å². The summed E-state index contributed by atoms with van der Waals surface area (Å²) >= 11 is 5.72. The maximum Gasteiger partial charge on any atom is 0.248 e. The monoisotopic (exact) mass is 421 g/mol. The van der Waals surface area contributed by atoms with Crippen molar-refractivity contribution in [3.05, 3.63) is 32.1 Å². The zero-order valence-corrected chi connectivity index (χ0v) is 13.7. The molecule has 0 bridgehead atoms. The summed E-state index contributed by atoms with van der Waals surface area (Å²) in [5.74, 6) is 1.27. The van der Waals surface area contributed by atoms with E-state index in [1.54, 1.807) is 0 Å². The van der Waals surface area contributed by atoms with Crippen LogP contribution in [-0.4, -0.2) is 23.8 Å². The van der Waals surface area contributed by atoms with Crippen molar-refractivity contribution in [3.8, 4) is 11.5 Å². The van der Waals surface area contributed by atoms with Gasteiger partial charge in [-0.2, -0.15) is 0 Å². The predicted octanol–water partition coefficient (Wildman–Crippen LogP) is 3.26. The van der Waals surface area contributed by atoms with Crippen LogP contribution in [0, 0.1) is 3.57 Å². The number of halogens is 2. The molecule has 0 fully saturated rings. The Kier molecular flexibility index (Phi) is 5.13. The van der Waals surface area contributed by atoms with E-state index in [2.05, 4.69) is 54.0 Å². The quantitative estimate of drug-likeness (QED) is 0.594. The molecule has 2 aromatic rings. The maximum absolute atomic E-state index is 5.68. The standard InChI is InChI=1S/C12H13BrIN3O/c1-15-6-2-3-11-16-17-12(18-11)9-7-8(13)4-5-10(9)14/h4-5,7,15H,2-3,6H2,1H3. The molecule has 0 aliphatic rings. The Morgan fingerprint density at radius 2 is 2.22 bits per heavy atom. The minimum atomic E-state index is 0.583. The highest BCUT2D eigenvalue weighted by Crippen LogP contribution is 2.27. The Morgan fingerprint density at radius 1 is 1.39 bits per heavy atom. The number of hydrogen-bond acceptors (Lipinski definition) is 4. The first-order valence-electron chi connectivity index (χ1n) is 5.63. The number of nitrogens with zero attached hydrogens (tertiary/aromatic N) is 2. The summed E-state index contributed by atoms with van der Waals surface area (Å²) in [6.07, 6.45) is 1.80. The molecule has 1 N–H and O–H groups in total. The number of benzene rings is 1. The van der Waals surface area contributed by atoms with Crippen LogP contribution in [0.3, 0.4) is 0 Å². The molecule has 0 aliphatic carbocycles. The van der Waals surface area contributed by atoms with Crippen LogP contribution in [0.1, 0.15) is 12.3 Å². The van der Waals surface area contributed by atoms with Crippen LogP contribution >= 0.6 is 38.5 Å². The Balaban J connectivity index is 2.16. The Morgan fingerprint density at radius 3 is 3.00 bits per heavy atom. The van der Waals surface area contributed by atoms with Gasteiger partial charge in [0, 0.05) is 14.5 Å². The van der Waals surface area contributed by atoms with Crippen LogP contribution in [0.25, 0.3) is 11.5 Å². The smallest absolute Gasteiger partial charge is 0.248 e. The average molecular weight is 422 g/mol. The highest BCUT2D eigenvalue weighted by Gasteiger charge is 2.11. The normalized spacial score (nSPS) is 10.8. The van der Waals surface area contributed by atoms with E-state index >= 15 is 0 Å². The van der Waals surface area contributed by atoms with E-state index in [0.717, 1.165) is 33.0 Å². The largest absolute Gasteiger partial charge is 0.421 e. The number of nitrogens with one attached hydrogen (secondary N) is 1. The molecule has 6 heteroatoms. The molecule has 0 unspecified atom stereocenters. The Bertz CT molecular complexity index is 530. The lowest BCUT2D eigenvalue weighted by Crippen LogP contribution is -2.08. The van der Waals surface area contributed by atoms with E-state index in [-0.39, 0.29) is 0 Å². The van der Waals surface area contributed by atoms with E-state index in [0.29, 0.717) is 11.8 Å². The summed E-state index contributed by atoms with van der Waals surface area (Å²) < 4.78 is 7.78. The molecule has 1 heterocycles. The van der Waals surface area contributed by atoms with Crippen molar-refractivity contribution in [2.45, 2.75) is 12.8 Å². The van der Waals surface area contributed by atoms with Gasteiger partial charge in [0.1, 0.15) is 0 Å². The molecule has 0 saturated carbocycles. The van der Waals surface area contributed by atoms with Gasteiger partial charge in [-0.1, -0.05) is 15.9 Å². The molecule has 2 rings (SSSR count). The van der Waals surface area contributed by atoms with Gasteiger partial charge in [0.2, 0.25) is 11.8 Å².